The molecular weight excluding hydrogens is 1000 g/mol. The van der Waals surface area contributed by atoms with Gasteiger partial charge in [-0.15, -0.1) is 4.91 Å². The summed E-state index contributed by atoms with van der Waals surface area (Å²) in [7, 11) is 3.05. The molecule has 1 aliphatic carbocycles. The molecule has 2 aliphatic rings. The summed E-state index contributed by atoms with van der Waals surface area (Å²) < 4.78 is 97.3. The number of aromatic nitrogens is 3. The molecule has 1 aliphatic heterocycles. The van der Waals surface area contributed by atoms with Gasteiger partial charge in [0.15, 0.2) is 0 Å². The lowest BCUT2D eigenvalue weighted by Gasteiger charge is -2.34. The molecule has 17 nitrogen and oxygen atoms in total. The first-order valence-corrected chi connectivity index (χ1v) is 25.5. The van der Waals surface area contributed by atoms with Crippen LogP contribution in [0.15, 0.2) is 78.3 Å². The van der Waals surface area contributed by atoms with Gasteiger partial charge in [-0.05, 0) is 79.1 Å². The molecule has 3 aromatic carbocycles. The quantitative estimate of drug-likeness (QED) is 0.0116. The first kappa shape index (κ1) is 59.0. The van der Waals surface area contributed by atoms with E-state index in [4.69, 9.17) is 19.3 Å². The van der Waals surface area contributed by atoms with Crippen molar-refractivity contribution in [2.24, 2.45) is 5.29 Å². The summed E-state index contributed by atoms with van der Waals surface area (Å²) in [6.07, 6.45) is 1.88. The highest BCUT2D eigenvalue weighted by molar-refractivity contribution is 5.93. The zero-order valence-electron chi connectivity index (χ0n) is 42.9. The van der Waals surface area contributed by atoms with Crippen molar-refractivity contribution in [2.45, 2.75) is 88.8 Å². The molecule has 3 heterocycles. The topological polar surface area (TPSA) is 199 Å². The van der Waals surface area contributed by atoms with E-state index >= 15 is 0 Å². The molecule has 0 radical (unpaired) electrons. The number of alkyl halides is 6. The fourth-order valence-corrected chi connectivity index (χ4v) is 8.81. The van der Waals surface area contributed by atoms with Gasteiger partial charge in [0.25, 0.3) is 0 Å². The number of nitrogens with one attached hydrogen (secondary N) is 4. The van der Waals surface area contributed by atoms with Gasteiger partial charge >= 0.3 is 12.4 Å². The van der Waals surface area contributed by atoms with Gasteiger partial charge in [0.1, 0.15) is 18.0 Å². The van der Waals surface area contributed by atoms with E-state index in [0.717, 1.165) is 87.1 Å². The van der Waals surface area contributed by atoms with E-state index in [1.165, 1.54) is 44.6 Å². The molecule has 0 spiro atoms. The zero-order valence-corrected chi connectivity index (χ0v) is 42.9. The number of aromatic amines is 1. The molecule has 76 heavy (non-hydrogen) atoms. The number of aryl methyl sites for hydroxylation is 1. The fraction of sp³-hybridized carbons (Fsp3) is 0.509. The van der Waals surface area contributed by atoms with Crippen molar-refractivity contribution in [3.05, 3.63) is 100 Å². The summed E-state index contributed by atoms with van der Waals surface area (Å²) in [5, 5.41) is 22.0. The molecule has 1 amide bonds. The third-order valence-electron chi connectivity index (χ3n) is 13.0. The van der Waals surface area contributed by atoms with E-state index < -0.39 is 35.2 Å². The predicted octanol–water partition coefficient (Wildman–Crippen LogP) is 9.14. The number of likely N-dealkylation sites (N-methyl/N-ethyl adjacent to an activating group) is 1. The highest BCUT2D eigenvalue weighted by atomic mass is 19.4. The zero-order chi connectivity index (χ0) is 54.5. The Bertz CT molecular complexity index is 2560. The summed E-state index contributed by atoms with van der Waals surface area (Å²) in [5.74, 6) is -0.430. The van der Waals surface area contributed by atoms with Crippen LogP contribution in [-0.2, 0) is 49.1 Å². The Kier molecular flexibility index (Phi) is 22.8. The molecule has 1 unspecified atom stereocenters. The van der Waals surface area contributed by atoms with Gasteiger partial charge in [-0.25, -0.2) is 9.99 Å². The third-order valence-corrected chi connectivity index (χ3v) is 13.0. The van der Waals surface area contributed by atoms with Gasteiger partial charge in [0.2, 0.25) is 11.9 Å². The summed E-state index contributed by atoms with van der Waals surface area (Å²) in [4.78, 5) is 50.8. The van der Waals surface area contributed by atoms with Crippen LogP contribution in [0.4, 0.5) is 49.4 Å². The number of aldehydes is 1. The van der Waals surface area contributed by atoms with Crippen LogP contribution in [-0.4, -0.2) is 141 Å². The first-order valence-electron chi connectivity index (χ1n) is 25.5. The van der Waals surface area contributed by atoms with Crippen molar-refractivity contribution in [3.63, 3.8) is 0 Å². The highest BCUT2D eigenvalue weighted by Crippen LogP contribution is 2.38. The number of nitrogens with zero attached hydrogens (tertiary/aromatic N) is 6. The molecule has 1 saturated carbocycles. The van der Waals surface area contributed by atoms with Crippen LogP contribution in [0.25, 0.3) is 22.2 Å². The highest BCUT2D eigenvalue weighted by Gasteiger charge is 2.37. The molecular formula is C53H68F6N10O7. The maximum absolute atomic E-state index is 13.3. The Balaban J connectivity index is 0.00000124. The average Bonchev–Trinajstić information content (AvgIpc) is 3.84. The lowest BCUT2D eigenvalue weighted by molar-refractivity contribution is -0.143. The first-order chi connectivity index (χ1) is 36.5. The third kappa shape index (κ3) is 18.5. The molecule has 2 fully saturated rings. The Morgan fingerprint density at radius 3 is 2.11 bits per heavy atom. The van der Waals surface area contributed by atoms with Crippen LogP contribution in [0.5, 0.6) is 0 Å². The molecule has 5 N–H and O–H groups in total. The predicted molar refractivity (Wildman–Crippen MR) is 278 cm³/mol. The molecule has 414 valence electrons. The van der Waals surface area contributed by atoms with Crippen LogP contribution in [0, 0.1) is 4.91 Å². The van der Waals surface area contributed by atoms with Crippen molar-refractivity contribution in [1.29, 1.82) is 0 Å². The van der Waals surface area contributed by atoms with E-state index in [2.05, 4.69) is 46.0 Å². The van der Waals surface area contributed by atoms with Crippen LogP contribution in [0.1, 0.15) is 73.6 Å². The van der Waals surface area contributed by atoms with Gasteiger partial charge in [0.05, 0.1) is 66.9 Å². The Hall–Kier alpha value is -6.24. The van der Waals surface area contributed by atoms with E-state index in [1.807, 2.05) is 36.4 Å². The number of aliphatic hydroxyl groups is 1. The van der Waals surface area contributed by atoms with E-state index in [-0.39, 0.29) is 30.4 Å². The Morgan fingerprint density at radius 1 is 0.868 bits per heavy atom. The van der Waals surface area contributed by atoms with Crippen LogP contribution in [0.2, 0.25) is 0 Å². The number of carbonyl (C=O) groups is 2. The number of amides is 1. The summed E-state index contributed by atoms with van der Waals surface area (Å²) >= 11 is 0. The smallest absolute Gasteiger partial charge is 0.393 e. The van der Waals surface area contributed by atoms with Gasteiger partial charge in [0, 0.05) is 95.4 Å². The number of benzene rings is 3. The summed E-state index contributed by atoms with van der Waals surface area (Å²) in [6, 6.07) is 14.2. The number of carbonyl (C=O) groups excluding carboxylic acids is 2. The number of ether oxygens (including phenoxy) is 3. The van der Waals surface area contributed by atoms with Crippen LogP contribution in [0.3, 0.4) is 0 Å². The molecule has 23 heteroatoms. The van der Waals surface area contributed by atoms with Gasteiger partial charge in [-0.2, -0.15) is 31.3 Å². The van der Waals surface area contributed by atoms with E-state index in [1.54, 1.807) is 12.3 Å². The number of hydrogen-bond donors (Lipinski definition) is 5. The minimum atomic E-state index is -4.98. The number of rotatable bonds is 26. The molecule has 7 rings (SSSR count). The maximum atomic E-state index is 13.3. The number of halogens is 6. The van der Waals surface area contributed by atoms with Crippen molar-refractivity contribution >= 4 is 46.2 Å². The van der Waals surface area contributed by atoms with E-state index in [0.29, 0.717) is 87.0 Å². The van der Waals surface area contributed by atoms with Gasteiger partial charge in [-0.1, -0.05) is 49.6 Å². The maximum Gasteiger partial charge on any atom is 0.416 e. The number of aliphatic hydroxyl groups excluding tert-OH is 1. The molecule has 1 saturated heterocycles. The SMILES string of the molecule is CNC(=O)C(CCC=O)Nc1ccc(CCCOCCOCCOCCN2CCN(Cc3ccc(-c4c[nH]c5nc(Nc6cc(C(F)(F)F)cc(C(F)(F)F)c6)ncc45)cc3)CC2)cc1N(C)N=O.OC1CCCCC1. The number of hydrogen-bond acceptors (Lipinski definition) is 14. The summed E-state index contributed by atoms with van der Waals surface area (Å²) in [5.41, 5.74) is 1.89. The number of H-pyrrole nitrogens is 1. The lowest BCUT2D eigenvalue weighted by Crippen LogP contribution is -2.46. The summed E-state index contributed by atoms with van der Waals surface area (Å²) in [6.45, 7) is 8.21. The minimum Gasteiger partial charge on any atom is -0.393 e. The van der Waals surface area contributed by atoms with Gasteiger partial charge in [-0.3, -0.25) is 14.6 Å². The van der Waals surface area contributed by atoms with Crippen LogP contribution >= 0.6 is 0 Å². The average molecular weight is 1070 g/mol. The number of piperazine rings is 1. The number of nitroso groups, excluding NO2 is 1. The lowest BCUT2D eigenvalue weighted by atomic mass is 9.98. The molecule has 5 aromatic rings. The van der Waals surface area contributed by atoms with Crippen molar-refractivity contribution in [2.75, 3.05) is 102 Å². The second-order valence-corrected chi connectivity index (χ2v) is 18.6. The van der Waals surface area contributed by atoms with Crippen molar-refractivity contribution in [1.82, 2.24) is 30.1 Å². The van der Waals surface area contributed by atoms with E-state index in [9.17, 15) is 40.8 Å². The molecule has 0 bridgehead atoms. The van der Waals surface area contributed by atoms with Gasteiger partial charge < -0.3 is 45.0 Å². The minimum absolute atomic E-state index is 0.0359. The van der Waals surface area contributed by atoms with Crippen LogP contribution < -0.4 is 21.0 Å². The second kappa shape index (κ2) is 29.3. The normalized spacial score (nSPS) is 15.2. The van der Waals surface area contributed by atoms with Crippen molar-refractivity contribution < 1.29 is 55.2 Å². The molecule has 1 atom stereocenters. The molecule has 2 aromatic heterocycles. The number of fused-ring (bicyclic) bond motifs is 1. The Labute approximate surface area is 438 Å². The number of anilines is 4. The standard InChI is InChI=1S/C47H56F6N10O6.C6H12O/c1-54-44(65)41(6-3-18-64)58-40-12-9-32(25-42(40)61(2)60-66)5-4-19-67-21-23-69-24-22-68-20-17-62-13-15-63(16-14-62)31-33-7-10-34(11-8-33)38-29-55-43-39(38)30-56-45(59-43)57-37-27-35(46(48,49)50)26-36(28-37)47(51,52)53;7-6-4-2-1-3-5-6/h7-12,18,25-30,41,58H,3-6,13-17,19-24,31H2,1-2H3,(H,54,65)(H2,55,56,57,59);6-7H,1-5H2. The second-order valence-electron chi connectivity index (χ2n) is 18.6. The fourth-order valence-electron chi connectivity index (χ4n) is 8.81. The monoisotopic (exact) mass is 1070 g/mol. The largest absolute Gasteiger partial charge is 0.416 e. The van der Waals surface area contributed by atoms with Crippen molar-refractivity contribution in [3.8, 4) is 11.1 Å². The Morgan fingerprint density at radius 2 is 1.50 bits per heavy atom.